The predicted molar refractivity (Wildman–Crippen MR) is 71.8 cm³/mol. The smallest absolute Gasteiger partial charge is 0.345 e. The molecule has 1 aromatic rings. The molecule has 2 rings (SSSR count). The molecular formula is C13H17NO4S. The number of carboxylic acid groups (broad SMARTS) is 1. The van der Waals surface area contributed by atoms with Crippen LogP contribution in [0.25, 0.3) is 0 Å². The molecule has 19 heavy (non-hydrogen) atoms. The minimum absolute atomic E-state index is 0.0524. The van der Waals surface area contributed by atoms with Crippen LogP contribution in [0.5, 0.6) is 0 Å². The SMILES string of the molecule is CC(C)C1CN(C(=O)c2ccc(C(=O)O)s2)CCO1. The zero-order valence-corrected chi connectivity index (χ0v) is 11.8. The molecule has 1 aliphatic rings. The molecule has 0 saturated carbocycles. The first-order valence-corrected chi connectivity index (χ1v) is 7.04. The van der Waals surface area contributed by atoms with E-state index in [0.717, 1.165) is 11.3 Å². The number of morpholine rings is 1. The van der Waals surface area contributed by atoms with Gasteiger partial charge in [0.15, 0.2) is 0 Å². The van der Waals surface area contributed by atoms with Gasteiger partial charge in [-0.1, -0.05) is 13.8 Å². The lowest BCUT2D eigenvalue weighted by Gasteiger charge is -2.34. The first kappa shape index (κ1) is 14.0. The molecule has 0 bridgehead atoms. The molecule has 0 radical (unpaired) electrons. The van der Waals surface area contributed by atoms with E-state index in [4.69, 9.17) is 9.84 Å². The lowest BCUT2D eigenvalue weighted by atomic mass is 10.1. The van der Waals surface area contributed by atoms with Crippen LogP contribution >= 0.6 is 11.3 Å². The summed E-state index contributed by atoms with van der Waals surface area (Å²) in [6, 6.07) is 3.05. The van der Waals surface area contributed by atoms with Crippen molar-refractivity contribution < 1.29 is 19.4 Å². The third-order valence-corrected chi connectivity index (χ3v) is 4.21. The van der Waals surface area contributed by atoms with Gasteiger partial charge in [-0.15, -0.1) is 11.3 Å². The molecule has 104 valence electrons. The summed E-state index contributed by atoms with van der Waals surface area (Å²) in [5.41, 5.74) is 0. The van der Waals surface area contributed by atoms with E-state index in [2.05, 4.69) is 13.8 Å². The predicted octanol–water partition coefficient (Wildman–Crippen LogP) is 1.94. The van der Waals surface area contributed by atoms with E-state index in [1.165, 1.54) is 6.07 Å². The quantitative estimate of drug-likeness (QED) is 0.920. The van der Waals surface area contributed by atoms with E-state index in [1.54, 1.807) is 11.0 Å². The summed E-state index contributed by atoms with van der Waals surface area (Å²) in [4.78, 5) is 25.5. The van der Waals surface area contributed by atoms with Crippen molar-refractivity contribution in [3.05, 3.63) is 21.9 Å². The molecule has 1 atom stereocenters. The second kappa shape index (κ2) is 5.71. The van der Waals surface area contributed by atoms with Gasteiger partial charge in [0.1, 0.15) is 4.88 Å². The van der Waals surface area contributed by atoms with Crippen LogP contribution < -0.4 is 0 Å². The maximum atomic E-state index is 12.3. The highest BCUT2D eigenvalue weighted by atomic mass is 32.1. The van der Waals surface area contributed by atoms with Crippen molar-refractivity contribution in [2.45, 2.75) is 20.0 Å². The van der Waals surface area contributed by atoms with Crippen LogP contribution in [0.15, 0.2) is 12.1 Å². The van der Waals surface area contributed by atoms with Gasteiger partial charge >= 0.3 is 5.97 Å². The second-order valence-corrected chi connectivity index (χ2v) is 5.96. The largest absolute Gasteiger partial charge is 0.477 e. The van der Waals surface area contributed by atoms with E-state index in [-0.39, 0.29) is 16.9 Å². The van der Waals surface area contributed by atoms with Crippen molar-refractivity contribution in [1.82, 2.24) is 4.90 Å². The standard InChI is InChI=1S/C13H17NO4S/c1-8(2)9-7-14(5-6-18-9)12(15)10-3-4-11(19-10)13(16)17/h3-4,8-9H,5-7H2,1-2H3,(H,16,17). The molecule has 5 nitrogen and oxygen atoms in total. The third kappa shape index (κ3) is 3.13. The molecule has 1 amide bonds. The van der Waals surface area contributed by atoms with Crippen LogP contribution in [-0.2, 0) is 4.74 Å². The molecule has 1 aromatic heterocycles. The molecule has 2 heterocycles. The van der Waals surface area contributed by atoms with Crippen molar-refractivity contribution in [2.75, 3.05) is 19.7 Å². The van der Waals surface area contributed by atoms with Gasteiger partial charge in [0.05, 0.1) is 17.6 Å². The van der Waals surface area contributed by atoms with Gasteiger partial charge in [0.2, 0.25) is 0 Å². The number of rotatable bonds is 3. The Bertz CT molecular complexity index is 483. The highest BCUT2D eigenvalue weighted by Gasteiger charge is 2.27. The fourth-order valence-corrected chi connectivity index (χ4v) is 2.80. The fraction of sp³-hybridized carbons (Fsp3) is 0.538. The van der Waals surface area contributed by atoms with Crippen LogP contribution in [-0.4, -0.2) is 47.7 Å². The maximum Gasteiger partial charge on any atom is 0.345 e. The summed E-state index contributed by atoms with van der Waals surface area (Å²) < 4.78 is 5.61. The third-order valence-electron chi connectivity index (χ3n) is 3.15. The monoisotopic (exact) mass is 283 g/mol. The molecular weight excluding hydrogens is 266 g/mol. The summed E-state index contributed by atoms with van der Waals surface area (Å²) in [6.07, 6.45) is 0.0524. The molecule has 1 saturated heterocycles. The number of carboxylic acids is 1. The van der Waals surface area contributed by atoms with Crippen molar-refractivity contribution in [3.8, 4) is 0 Å². The van der Waals surface area contributed by atoms with E-state index in [1.807, 2.05) is 0 Å². The van der Waals surface area contributed by atoms with E-state index in [0.29, 0.717) is 30.5 Å². The molecule has 6 heteroatoms. The summed E-state index contributed by atoms with van der Waals surface area (Å²) in [5.74, 6) is -0.744. The average molecular weight is 283 g/mol. The lowest BCUT2D eigenvalue weighted by Crippen LogP contribution is -2.47. The summed E-state index contributed by atoms with van der Waals surface area (Å²) in [7, 11) is 0. The Hall–Kier alpha value is -1.40. The molecule has 1 fully saturated rings. The Morgan fingerprint density at radius 1 is 1.42 bits per heavy atom. The Labute approximate surface area is 115 Å². The number of carbonyl (C=O) groups is 2. The van der Waals surface area contributed by atoms with Gasteiger partial charge in [0.25, 0.3) is 5.91 Å². The van der Waals surface area contributed by atoms with Gasteiger partial charge in [-0.2, -0.15) is 0 Å². The number of ether oxygens (including phenoxy) is 1. The summed E-state index contributed by atoms with van der Waals surface area (Å²) in [5, 5.41) is 8.87. The lowest BCUT2D eigenvalue weighted by molar-refractivity contribution is -0.0419. The molecule has 0 aliphatic carbocycles. The molecule has 1 N–H and O–H groups in total. The topological polar surface area (TPSA) is 66.8 Å². The molecule has 1 unspecified atom stereocenters. The fourth-order valence-electron chi connectivity index (χ4n) is 1.99. The van der Waals surface area contributed by atoms with Crippen LogP contribution in [0.2, 0.25) is 0 Å². The number of nitrogens with zero attached hydrogens (tertiary/aromatic N) is 1. The molecule has 1 aliphatic heterocycles. The van der Waals surface area contributed by atoms with E-state index < -0.39 is 5.97 Å². The second-order valence-electron chi connectivity index (χ2n) is 4.87. The number of amides is 1. The van der Waals surface area contributed by atoms with Crippen molar-refractivity contribution in [2.24, 2.45) is 5.92 Å². The first-order valence-electron chi connectivity index (χ1n) is 6.23. The minimum atomic E-state index is -0.994. The number of hydrogen-bond acceptors (Lipinski definition) is 4. The number of thiophene rings is 1. The average Bonchev–Trinajstić information content (AvgIpc) is 2.87. The minimum Gasteiger partial charge on any atom is -0.477 e. The Balaban J connectivity index is 2.08. The van der Waals surface area contributed by atoms with Gasteiger partial charge in [-0.3, -0.25) is 4.79 Å². The summed E-state index contributed by atoms with van der Waals surface area (Å²) >= 11 is 1.02. The molecule has 0 aromatic carbocycles. The van der Waals surface area contributed by atoms with Crippen LogP contribution in [0.4, 0.5) is 0 Å². The number of hydrogen-bond donors (Lipinski definition) is 1. The zero-order valence-electron chi connectivity index (χ0n) is 11.0. The number of aromatic carboxylic acids is 1. The van der Waals surface area contributed by atoms with Gasteiger partial charge in [-0.05, 0) is 18.1 Å². The van der Waals surface area contributed by atoms with Gasteiger partial charge in [-0.25, -0.2) is 4.79 Å². The number of carbonyl (C=O) groups excluding carboxylic acids is 1. The van der Waals surface area contributed by atoms with E-state index in [9.17, 15) is 9.59 Å². The van der Waals surface area contributed by atoms with Gasteiger partial charge < -0.3 is 14.7 Å². The maximum absolute atomic E-state index is 12.3. The zero-order chi connectivity index (χ0) is 14.0. The highest BCUT2D eigenvalue weighted by Crippen LogP contribution is 2.21. The molecule has 0 spiro atoms. The highest BCUT2D eigenvalue weighted by molar-refractivity contribution is 7.15. The van der Waals surface area contributed by atoms with Gasteiger partial charge in [0, 0.05) is 13.1 Å². The summed E-state index contributed by atoms with van der Waals surface area (Å²) in [6.45, 7) is 5.78. The first-order chi connectivity index (χ1) is 8.99. The van der Waals surface area contributed by atoms with Crippen molar-refractivity contribution in [1.29, 1.82) is 0 Å². The Morgan fingerprint density at radius 2 is 2.11 bits per heavy atom. The van der Waals surface area contributed by atoms with Crippen molar-refractivity contribution in [3.63, 3.8) is 0 Å². The van der Waals surface area contributed by atoms with Crippen LogP contribution in [0.3, 0.4) is 0 Å². The van der Waals surface area contributed by atoms with Crippen LogP contribution in [0, 0.1) is 5.92 Å². The van der Waals surface area contributed by atoms with Crippen molar-refractivity contribution >= 4 is 23.2 Å². The Morgan fingerprint density at radius 3 is 2.68 bits per heavy atom. The van der Waals surface area contributed by atoms with Crippen LogP contribution in [0.1, 0.15) is 33.2 Å². The Kier molecular flexibility index (Phi) is 4.21. The normalized spacial score (nSPS) is 19.7. The van der Waals surface area contributed by atoms with E-state index >= 15 is 0 Å².